The van der Waals surface area contributed by atoms with E-state index >= 15 is 0 Å². The van der Waals surface area contributed by atoms with E-state index in [1.165, 1.54) is 6.07 Å². The maximum absolute atomic E-state index is 13.4. The first-order valence-electron chi connectivity index (χ1n) is 8.76. The zero-order valence-corrected chi connectivity index (χ0v) is 14.5. The lowest BCUT2D eigenvalue weighted by molar-refractivity contribution is -0.129. The molecular formula is C21H24FNO2. The number of carbonyl (C=O) groups excluding carboxylic acids is 1. The molecule has 0 aromatic heterocycles. The fourth-order valence-electron chi connectivity index (χ4n) is 3.44. The SMILES string of the molecule is Cc1cc(CC2CCN(C(=O)Cc3ccc(CO)cc3)C2)ccc1F. The smallest absolute Gasteiger partial charge is 0.226 e. The summed E-state index contributed by atoms with van der Waals surface area (Å²) in [7, 11) is 0. The number of aryl methyl sites for hydroxylation is 1. The van der Waals surface area contributed by atoms with Crippen LogP contribution < -0.4 is 0 Å². The first kappa shape index (κ1) is 17.6. The summed E-state index contributed by atoms with van der Waals surface area (Å²) in [6.07, 6.45) is 2.27. The molecule has 1 unspecified atom stereocenters. The molecule has 0 bridgehead atoms. The molecule has 1 saturated heterocycles. The van der Waals surface area contributed by atoms with Crippen molar-refractivity contribution in [1.82, 2.24) is 4.90 Å². The average molecular weight is 341 g/mol. The number of carbonyl (C=O) groups is 1. The molecule has 1 aliphatic heterocycles. The van der Waals surface area contributed by atoms with E-state index in [1.807, 2.05) is 41.3 Å². The molecule has 1 atom stereocenters. The number of aliphatic hydroxyl groups is 1. The normalized spacial score (nSPS) is 17.1. The van der Waals surface area contributed by atoms with Crippen LogP contribution in [0.25, 0.3) is 0 Å². The quantitative estimate of drug-likeness (QED) is 0.907. The number of hydrogen-bond donors (Lipinski definition) is 1. The lowest BCUT2D eigenvalue weighted by Gasteiger charge is -2.17. The molecule has 0 spiro atoms. The van der Waals surface area contributed by atoms with Gasteiger partial charge in [0.15, 0.2) is 0 Å². The molecule has 0 aliphatic carbocycles. The van der Waals surface area contributed by atoms with Crippen molar-refractivity contribution in [2.45, 2.75) is 32.8 Å². The molecule has 1 amide bonds. The van der Waals surface area contributed by atoms with Crippen molar-refractivity contribution in [1.29, 1.82) is 0 Å². The van der Waals surface area contributed by atoms with Crippen LogP contribution in [0, 0.1) is 18.7 Å². The minimum Gasteiger partial charge on any atom is -0.392 e. The molecule has 25 heavy (non-hydrogen) atoms. The van der Waals surface area contributed by atoms with E-state index < -0.39 is 0 Å². The maximum Gasteiger partial charge on any atom is 0.226 e. The van der Waals surface area contributed by atoms with Crippen LogP contribution in [0.4, 0.5) is 4.39 Å². The van der Waals surface area contributed by atoms with Gasteiger partial charge in [-0.15, -0.1) is 0 Å². The molecule has 3 nitrogen and oxygen atoms in total. The van der Waals surface area contributed by atoms with Crippen molar-refractivity contribution in [2.24, 2.45) is 5.92 Å². The molecule has 2 aromatic rings. The Morgan fingerprint density at radius 3 is 2.52 bits per heavy atom. The third-order valence-electron chi connectivity index (χ3n) is 4.95. The van der Waals surface area contributed by atoms with Crippen molar-refractivity contribution in [3.05, 3.63) is 70.5 Å². The predicted octanol–water partition coefficient (Wildman–Crippen LogP) is 3.26. The minimum absolute atomic E-state index is 0.0187. The monoisotopic (exact) mass is 341 g/mol. The standard InChI is InChI=1S/C21H24FNO2/c1-15-10-18(6-7-20(15)22)11-19-8-9-23(13-19)21(25)12-16-2-4-17(14-24)5-3-16/h2-7,10,19,24H,8-9,11-14H2,1H3. The number of aliphatic hydroxyl groups excluding tert-OH is 1. The Morgan fingerprint density at radius 2 is 1.84 bits per heavy atom. The van der Waals surface area contributed by atoms with Gasteiger partial charge in [0.1, 0.15) is 5.82 Å². The Kier molecular flexibility index (Phi) is 5.49. The van der Waals surface area contributed by atoms with Crippen molar-refractivity contribution in [3.63, 3.8) is 0 Å². The fraction of sp³-hybridized carbons (Fsp3) is 0.381. The number of likely N-dealkylation sites (tertiary alicyclic amines) is 1. The summed E-state index contributed by atoms with van der Waals surface area (Å²) in [5, 5.41) is 9.07. The van der Waals surface area contributed by atoms with Gasteiger partial charge in [-0.3, -0.25) is 4.79 Å². The summed E-state index contributed by atoms with van der Waals surface area (Å²) in [6, 6.07) is 12.8. The van der Waals surface area contributed by atoms with Crippen LogP contribution in [-0.2, 0) is 24.2 Å². The largest absolute Gasteiger partial charge is 0.392 e. The lowest BCUT2D eigenvalue weighted by Crippen LogP contribution is -2.30. The van der Waals surface area contributed by atoms with Crippen molar-refractivity contribution in [2.75, 3.05) is 13.1 Å². The van der Waals surface area contributed by atoms with Gasteiger partial charge in [0, 0.05) is 13.1 Å². The summed E-state index contributed by atoms with van der Waals surface area (Å²) >= 11 is 0. The number of rotatable bonds is 5. The highest BCUT2D eigenvalue weighted by Crippen LogP contribution is 2.23. The molecule has 1 fully saturated rings. The number of amides is 1. The van der Waals surface area contributed by atoms with E-state index in [0.29, 0.717) is 17.9 Å². The zero-order chi connectivity index (χ0) is 17.8. The Morgan fingerprint density at radius 1 is 1.16 bits per heavy atom. The minimum atomic E-state index is -0.167. The van der Waals surface area contributed by atoms with Crippen LogP contribution in [0.2, 0.25) is 0 Å². The van der Waals surface area contributed by atoms with Gasteiger partial charge in [-0.25, -0.2) is 4.39 Å². The third-order valence-corrected chi connectivity index (χ3v) is 4.95. The number of halogens is 1. The van der Waals surface area contributed by atoms with Gasteiger partial charge in [0.2, 0.25) is 5.91 Å². The molecule has 132 valence electrons. The van der Waals surface area contributed by atoms with Crippen molar-refractivity contribution >= 4 is 5.91 Å². The molecule has 3 rings (SSSR count). The van der Waals surface area contributed by atoms with Gasteiger partial charge in [0.25, 0.3) is 0 Å². The Hall–Kier alpha value is -2.20. The highest BCUT2D eigenvalue weighted by Gasteiger charge is 2.26. The third kappa shape index (κ3) is 4.45. The number of benzene rings is 2. The van der Waals surface area contributed by atoms with Crippen LogP contribution in [0.15, 0.2) is 42.5 Å². The summed E-state index contributed by atoms with van der Waals surface area (Å²) in [4.78, 5) is 14.4. The molecule has 1 aliphatic rings. The molecule has 0 radical (unpaired) electrons. The highest BCUT2D eigenvalue weighted by atomic mass is 19.1. The number of nitrogens with zero attached hydrogens (tertiary/aromatic N) is 1. The summed E-state index contributed by atoms with van der Waals surface area (Å²) in [5.74, 6) is 0.416. The van der Waals surface area contributed by atoms with Crippen molar-refractivity contribution < 1.29 is 14.3 Å². The van der Waals surface area contributed by atoms with E-state index in [0.717, 1.165) is 42.6 Å². The molecule has 4 heteroatoms. The lowest BCUT2D eigenvalue weighted by atomic mass is 9.97. The van der Waals surface area contributed by atoms with E-state index in [4.69, 9.17) is 5.11 Å². The molecule has 2 aromatic carbocycles. The van der Waals surface area contributed by atoms with E-state index in [9.17, 15) is 9.18 Å². The highest BCUT2D eigenvalue weighted by molar-refractivity contribution is 5.79. The summed E-state index contributed by atoms with van der Waals surface area (Å²) in [5.41, 5.74) is 3.64. The molecule has 0 saturated carbocycles. The molecule has 1 N–H and O–H groups in total. The maximum atomic E-state index is 13.4. The van der Waals surface area contributed by atoms with Gasteiger partial charge >= 0.3 is 0 Å². The van der Waals surface area contributed by atoms with E-state index in [1.54, 1.807) is 6.92 Å². The Labute approximate surface area is 148 Å². The van der Waals surface area contributed by atoms with Crippen LogP contribution in [0.3, 0.4) is 0 Å². The van der Waals surface area contributed by atoms with Gasteiger partial charge in [-0.2, -0.15) is 0 Å². The van der Waals surface area contributed by atoms with E-state index in [2.05, 4.69) is 0 Å². The van der Waals surface area contributed by atoms with Gasteiger partial charge < -0.3 is 10.0 Å². The second kappa shape index (κ2) is 7.79. The van der Waals surface area contributed by atoms with Crippen LogP contribution >= 0.6 is 0 Å². The topological polar surface area (TPSA) is 40.5 Å². The predicted molar refractivity (Wildman–Crippen MR) is 95.6 cm³/mol. The Balaban J connectivity index is 1.54. The first-order valence-corrected chi connectivity index (χ1v) is 8.76. The zero-order valence-electron chi connectivity index (χ0n) is 14.5. The van der Waals surface area contributed by atoms with E-state index in [-0.39, 0.29) is 18.3 Å². The fourth-order valence-corrected chi connectivity index (χ4v) is 3.44. The molecule has 1 heterocycles. The summed E-state index contributed by atoms with van der Waals surface area (Å²) in [6.45, 7) is 3.36. The second-order valence-corrected chi connectivity index (χ2v) is 6.93. The van der Waals surface area contributed by atoms with Gasteiger partial charge in [0.05, 0.1) is 13.0 Å². The Bertz CT molecular complexity index is 742. The second-order valence-electron chi connectivity index (χ2n) is 6.93. The number of hydrogen-bond acceptors (Lipinski definition) is 2. The molecular weight excluding hydrogens is 317 g/mol. The summed E-state index contributed by atoms with van der Waals surface area (Å²) < 4.78 is 13.4. The van der Waals surface area contributed by atoms with Crippen LogP contribution in [0.5, 0.6) is 0 Å². The van der Waals surface area contributed by atoms with Crippen molar-refractivity contribution in [3.8, 4) is 0 Å². The average Bonchev–Trinajstić information content (AvgIpc) is 3.07. The van der Waals surface area contributed by atoms with Gasteiger partial charge in [-0.05, 0) is 54.0 Å². The first-order chi connectivity index (χ1) is 12.0. The van der Waals surface area contributed by atoms with Crippen LogP contribution in [-0.4, -0.2) is 29.0 Å². The van der Waals surface area contributed by atoms with Crippen LogP contribution in [0.1, 0.15) is 28.7 Å². The van der Waals surface area contributed by atoms with Gasteiger partial charge in [-0.1, -0.05) is 36.4 Å².